The number of hydrogen-bond acceptors (Lipinski definition) is 4. The minimum atomic E-state index is 0.339. The smallest absolute Gasteiger partial charge is 0.0738 e. The Kier molecular flexibility index (Phi) is 5.30. The summed E-state index contributed by atoms with van der Waals surface area (Å²) in [5.74, 6) is 0.580. The Morgan fingerprint density at radius 2 is 2.00 bits per heavy atom. The Morgan fingerprint density at radius 1 is 1.30 bits per heavy atom. The first-order chi connectivity index (χ1) is 11.1. The van der Waals surface area contributed by atoms with Gasteiger partial charge in [-0.3, -0.25) is 9.58 Å². The first kappa shape index (κ1) is 16.4. The van der Waals surface area contributed by atoms with Gasteiger partial charge in [0.2, 0.25) is 0 Å². The van der Waals surface area contributed by atoms with E-state index in [0.29, 0.717) is 12.0 Å². The molecule has 1 saturated heterocycles. The van der Waals surface area contributed by atoms with Gasteiger partial charge in [0.25, 0.3) is 0 Å². The highest BCUT2D eigenvalue weighted by molar-refractivity contribution is 6.30. The summed E-state index contributed by atoms with van der Waals surface area (Å²) in [5.41, 5.74) is 2.41. The summed E-state index contributed by atoms with van der Waals surface area (Å²) in [4.78, 5) is 2.39. The van der Waals surface area contributed by atoms with Crippen LogP contribution < -0.4 is 0 Å². The molecule has 124 valence electrons. The van der Waals surface area contributed by atoms with Gasteiger partial charge in [-0.25, -0.2) is 0 Å². The van der Waals surface area contributed by atoms with Crippen molar-refractivity contribution in [2.45, 2.75) is 25.4 Å². The lowest BCUT2D eigenvalue weighted by atomic mass is 9.86. The van der Waals surface area contributed by atoms with E-state index in [1.807, 2.05) is 30.1 Å². The summed E-state index contributed by atoms with van der Waals surface area (Å²) in [6.07, 6.45) is 4.00. The van der Waals surface area contributed by atoms with Crippen LogP contribution in [0.25, 0.3) is 0 Å². The lowest BCUT2D eigenvalue weighted by Crippen LogP contribution is -2.34. The van der Waals surface area contributed by atoms with Crippen LogP contribution in [-0.2, 0) is 18.3 Å². The molecule has 0 radical (unpaired) electrons. The lowest BCUT2D eigenvalue weighted by molar-refractivity contribution is 0.0289. The standard InChI is InChI=1S/C17H23ClN4O/c1-21(12-16-11-19-20-22(16)2)17(14-7-9-23-10-8-14)13-3-5-15(18)6-4-13/h3-6,11,14,17H,7-10,12H2,1-2H3. The Morgan fingerprint density at radius 3 is 2.61 bits per heavy atom. The van der Waals surface area contributed by atoms with Crippen molar-refractivity contribution in [3.8, 4) is 0 Å². The number of ether oxygens (including phenoxy) is 1. The number of hydrogen-bond donors (Lipinski definition) is 0. The molecule has 0 saturated carbocycles. The van der Waals surface area contributed by atoms with Crippen LogP contribution in [0.1, 0.15) is 30.1 Å². The summed E-state index contributed by atoms with van der Waals surface area (Å²) in [6, 6.07) is 8.57. The van der Waals surface area contributed by atoms with Gasteiger partial charge in [-0.2, -0.15) is 0 Å². The first-order valence-corrected chi connectivity index (χ1v) is 8.40. The minimum Gasteiger partial charge on any atom is -0.381 e. The molecular weight excluding hydrogens is 312 g/mol. The van der Waals surface area contributed by atoms with Gasteiger partial charge in [-0.05, 0) is 43.5 Å². The monoisotopic (exact) mass is 334 g/mol. The molecule has 0 amide bonds. The average molecular weight is 335 g/mol. The van der Waals surface area contributed by atoms with E-state index in [2.05, 4.69) is 34.4 Å². The third kappa shape index (κ3) is 3.91. The lowest BCUT2D eigenvalue weighted by Gasteiger charge is -2.37. The van der Waals surface area contributed by atoms with Crippen LogP contribution in [0, 0.1) is 5.92 Å². The predicted molar refractivity (Wildman–Crippen MR) is 90.2 cm³/mol. The fraction of sp³-hybridized carbons (Fsp3) is 0.529. The maximum absolute atomic E-state index is 6.06. The van der Waals surface area contributed by atoms with Crippen LogP contribution in [-0.4, -0.2) is 40.2 Å². The van der Waals surface area contributed by atoms with Crippen molar-refractivity contribution >= 4 is 11.6 Å². The largest absolute Gasteiger partial charge is 0.381 e. The molecule has 23 heavy (non-hydrogen) atoms. The van der Waals surface area contributed by atoms with Crippen LogP contribution in [0.2, 0.25) is 5.02 Å². The van der Waals surface area contributed by atoms with Crippen LogP contribution in [0.15, 0.2) is 30.5 Å². The van der Waals surface area contributed by atoms with Crippen molar-refractivity contribution in [3.63, 3.8) is 0 Å². The van der Waals surface area contributed by atoms with Crippen molar-refractivity contribution in [1.82, 2.24) is 19.9 Å². The van der Waals surface area contributed by atoms with Crippen molar-refractivity contribution in [2.75, 3.05) is 20.3 Å². The van der Waals surface area contributed by atoms with E-state index in [0.717, 1.165) is 43.3 Å². The van der Waals surface area contributed by atoms with Crippen LogP contribution >= 0.6 is 11.6 Å². The first-order valence-electron chi connectivity index (χ1n) is 8.02. The van der Waals surface area contributed by atoms with E-state index in [4.69, 9.17) is 16.3 Å². The van der Waals surface area contributed by atoms with Gasteiger partial charge < -0.3 is 4.74 Å². The highest BCUT2D eigenvalue weighted by atomic mass is 35.5. The van der Waals surface area contributed by atoms with E-state index in [1.165, 1.54) is 5.56 Å². The zero-order valence-electron chi connectivity index (χ0n) is 13.7. The average Bonchev–Trinajstić information content (AvgIpc) is 2.96. The van der Waals surface area contributed by atoms with Crippen molar-refractivity contribution in [3.05, 3.63) is 46.7 Å². The highest BCUT2D eigenvalue weighted by Gasteiger charge is 2.29. The Balaban J connectivity index is 1.84. The zero-order valence-corrected chi connectivity index (χ0v) is 14.4. The van der Waals surface area contributed by atoms with Gasteiger partial charge in [0.05, 0.1) is 11.9 Å². The SMILES string of the molecule is CN(Cc1cnnn1C)C(c1ccc(Cl)cc1)C1CCOCC1. The molecule has 2 aromatic rings. The third-order valence-corrected chi connectivity index (χ3v) is 4.87. The van der Waals surface area contributed by atoms with E-state index in [9.17, 15) is 0 Å². The van der Waals surface area contributed by atoms with E-state index < -0.39 is 0 Å². The van der Waals surface area contributed by atoms with Crippen LogP contribution in [0.3, 0.4) is 0 Å². The molecule has 0 spiro atoms. The quantitative estimate of drug-likeness (QED) is 0.843. The van der Waals surface area contributed by atoms with Crippen molar-refractivity contribution in [1.29, 1.82) is 0 Å². The van der Waals surface area contributed by atoms with E-state index >= 15 is 0 Å². The fourth-order valence-corrected chi connectivity index (χ4v) is 3.51. The highest BCUT2D eigenvalue weighted by Crippen LogP contribution is 2.35. The molecule has 1 atom stereocenters. The molecule has 3 rings (SSSR count). The zero-order chi connectivity index (χ0) is 16.2. The van der Waals surface area contributed by atoms with Crippen LogP contribution in [0.5, 0.6) is 0 Å². The van der Waals surface area contributed by atoms with Gasteiger partial charge in [-0.1, -0.05) is 28.9 Å². The Hall–Kier alpha value is -1.43. The third-order valence-electron chi connectivity index (χ3n) is 4.62. The van der Waals surface area contributed by atoms with E-state index in [1.54, 1.807) is 0 Å². The number of benzene rings is 1. The molecule has 1 aliphatic heterocycles. The second-order valence-corrected chi connectivity index (χ2v) is 6.65. The summed E-state index contributed by atoms with van der Waals surface area (Å²) in [7, 11) is 4.10. The van der Waals surface area contributed by atoms with Gasteiger partial charge in [-0.15, -0.1) is 5.10 Å². The maximum Gasteiger partial charge on any atom is 0.0738 e. The van der Waals surface area contributed by atoms with Gasteiger partial charge in [0, 0.05) is 37.9 Å². The molecule has 1 aromatic carbocycles. The van der Waals surface area contributed by atoms with Gasteiger partial charge in [0.15, 0.2) is 0 Å². The van der Waals surface area contributed by atoms with Crippen LogP contribution in [0.4, 0.5) is 0 Å². The number of aromatic nitrogens is 3. The number of rotatable bonds is 5. The molecule has 1 unspecified atom stereocenters. The fourth-order valence-electron chi connectivity index (χ4n) is 3.39. The summed E-state index contributed by atoms with van der Waals surface area (Å²) in [6.45, 7) is 2.50. The molecule has 5 nitrogen and oxygen atoms in total. The number of aryl methyl sites for hydroxylation is 1. The normalized spacial score (nSPS) is 17.6. The minimum absolute atomic E-state index is 0.339. The molecular formula is C17H23ClN4O. The molecule has 1 fully saturated rings. The molecule has 1 aliphatic rings. The van der Waals surface area contributed by atoms with Crippen molar-refractivity contribution < 1.29 is 4.74 Å². The molecule has 6 heteroatoms. The number of halogens is 1. The summed E-state index contributed by atoms with van der Waals surface area (Å²) >= 11 is 6.06. The molecule has 0 N–H and O–H groups in total. The Bertz CT molecular complexity index is 622. The second kappa shape index (κ2) is 7.43. The Labute approximate surface area is 142 Å². The maximum atomic E-state index is 6.06. The van der Waals surface area contributed by atoms with Gasteiger partial charge >= 0.3 is 0 Å². The molecule has 1 aromatic heterocycles. The second-order valence-electron chi connectivity index (χ2n) is 6.21. The summed E-state index contributed by atoms with van der Waals surface area (Å²) < 4.78 is 7.38. The predicted octanol–water partition coefficient (Wildman–Crippen LogP) is 3.07. The molecule has 0 aliphatic carbocycles. The molecule has 2 heterocycles. The molecule has 0 bridgehead atoms. The summed E-state index contributed by atoms with van der Waals surface area (Å²) in [5, 5.41) is 8.78. The number of nitrogens with zero attached hydrogens (tertiary/aromatic N) is 4. The van der Waals surface area contributed by atoms with E-state index in [-0.39, 0.29) is 0 Å². The van der Waals surface area contributed by atoms with Gasteiger partial charge in [0.1, 0.15) is 0 Å². The topological polar surface area (TPSA) is 43.2 Å². The van der Waals surface area contributed by atoms with Crippen molar-refractivity contribution in [2.24, 2.45) is 13.0 Å².